The third-order valence-corrected chi connectivity index (χ3v) is 6.95. The number of methoxy groups -OCH3 is 2. The van der Waals surface area contributed by atoms with Crippen LogP contribution in [0.15, 0.2) is 42.5 Å². The first kappa shape index (κ1) is 27.2. The minimum Gasteiger partial charge on any atom is -0.493 e. The van der Waals surface area contributed by atoms with Gasteiger partial charge >= 0.3 is 0 Å². The lowest BCUT2D eigenvalue weighted by Crippen LogP contribution is -2.47. The zero-order valence-electron chi connectivity index (χ0n) is 20.4. The van der Waals surface area contributed by atoms with Gasteiger partial charge in [-0.15, -0.1) is 11.6 Å². The van der Waals surface area contributed by atoms with Gasteiger partial charge in [-0.05, 0) is 54.7 Å². The van der Waals surface area contributed by atoms with Crippen LogP contribution in [0, 0.1) is 0 Å². The van der Waals surface area contributed by atoms with Gasteiger partial charge in [-0.1, -0.05) is 55.5 Å². The number of nitrogens with zero attached hydrogens (tertiary/aromatic N) is 1. The Morgan fingerprint density at radius 3 is 2.26 bits per heavy atom. The molecule has 1 aliphatic carbocycles. The van der Waals surface area contributed by atoms with E-state index in [1.54, 1.807) is 37.3 Å². The van der Waals surface area contributed by atoms with Crippen molar-refractivity contribution in [1.82, 2.24) is 10.2 Å². The van der Waals surface area contributed by atoms with Crippen molar-refractivity contribution in [3.63, 3.8) is 0 Å². The molecule has 2 aromatic rings. The lowest BCUT2D eigenvalue weighted by atomic mass is 10.0. The second kappa shape index (κ2) is 13.6. The average molecular weight is 521 g/mol. The molecular formula is C27H34Cl2N2O4. The number of carbonyl (C=O) groups excluding carboxylic acids is 2. The molecule has 1 saturated carbocycles. The van der Waals surface area contributed by atoms with Gasteiger partial charge in [0.1, 0.15) is 11.9 Å². The van der Waals surface area contributed by atoms with Crippen LogP contribution in [-0.4, -0.2) is 49.4 Å². The predicted molar refractivity (Wildman–Crippen MR) is 140 cm³/mol. The number of rotatable bonds is 10. The molecule has 35 heavy (non-hydrogen) atoms. The van der Waals surface area contributed by atoms with E-state index in [2.05, 4.69) is 5.32 Å². The van der Waals surface area contributed by atoms with Gasteiger partial charge in [-0.2, -0.15) is 0 Å². The Labute approximate surface area is 217 Å². The number of nitrogens with one attached hydrogen (secondary N) is 1. The lowest BCUT2D eigenvalue weighted by Gasteiger charge is -2.32. The van der Waals surface area contributed by atoms with Gasteiger partial charge in [0.05, 0.1) is 14.2 Å². The quantitative estimate of drug-likeness (QED) is 0.329. The first-order valence-corrected chi connectivity index (χ1v) is 13.0. The second-order valence-electron chi connectivity index (χ2n) is 8.81. The van der Waals surface area contributed by atoms with Gasteiger partial charge in [-0.3, -0.25) is 9.59 Å². The number of amides is 2. The third-order valence-electron chi connectivity index (χ3n) is 6.47. The maximum atomic E-state index is 13.8. The molecule has 2 amide bonds. The Morgan fingerprint density at radius 1 is 1.00 bits per heavy atom. The highest BCUT2D eigenvalue weighted by atomic mass is 35.5. The molecule has 0 radical (unpaired) electrons. The minimum atomic E-state index is -0.850. The number of carbonyl (C=O) groups is 2. The van der Waals surface area contributed by atoms with Crippen LogP contribution < -0.4 is 14.8 Å². The maximum Gasteiger partial charge on any atom is 0.247 e. The van der Waals surface area contributed by atoms with Crippen LogP contribution in [0.5, 0.6) is 11.5 Å². The van der Waals surface area contributed by atoms with Gasteiger partial charge in [-0.25, -0.2) is 0 Å². The molecule has 3 rings (SSSR count). The van der Waals surface area contributed by atoms with Gasteiger partial charge < -0.3 is 19.7 Å². The number of benzene rings is 2. The molecule has 0 spiro atoms. The summed E-state index contributed by atoms with van der Waals surface area (Å²) in [5, 5.41) is 3.87. The van der Waals surface area contributed by atoms with Crippen LogP contribution in [0.3, 0.4) is 0 Å². The normalized spacial score (nSPS) is 15.1. The Balaban J connectivity index is 1.94. The fourth-order valence-corrected chi connectivity index (χ4v) is 4.85. The van der Waals surface area contributed by atoms with E-state index >= 15 is 0 Å². The van der Waals surface area contributed by atoms with Crippen LogP contribution in [-0.2, 0) is 16.0 Å². The lowest BCUT2D eigenvalue weighted by molar-refractivity contribution is -0.139. The Hall–Kier alpha value is -2.44. The van der Waals surface area contributed by atoms with Gasteiger partial charge in [0.25, 0.3) is 0 Å². The van der Waals surface area contributed by atoms with Crippen LogP contribution in [0.25, 0.3) is 0 Å². The Morgan fingerprint density at radius 2 is 1.66 bits per heavy atom. The largest absolute Gasteiger partial charge is 0.493 e. The van der Waals surface area contributed by atoms with Gasteiger partial charge in [0.2, 0.25) is 11.8 Å². The molecule has 0 aliphatic heterocycles. The zero-order valence-corrected chi connectivity index (χ0v) is 21.9. The van der Waals surface area contributed by atoms with Crippen molar-refractivity contribution in [2.24, 2.45) is 0 Å². The zero-order chi connectivity index (χ0) is 25.2. The summed E-state index contributed by atoms with van der Waals surface area (Å²) < 4.78 is 10.9. The van der Waals surface area contributed by atoms with Crippen molar-refractivity contribution in [1.29, 1.82) is 0 Å². The summed E-state index contributed by atoms with van der Waals surface area (Å²) in [6.45, 7) is 0.324. The molecule has 0 saturated heterocycles. The number of alkyl halides is 1. The molecular weight excluding hydrogens is 487 g/mol. The standard InChI is InChI=1S/C27H34Cl2N2O4/c1-34-23-14-11-20(17-24(23)35-2)26(27(33)30-22-7-5-3-4-6-8-22)31(25(32)18-28)16-15-19-9-12-21(29)13-10-19/h9-14,17,22,26H,3-8,15-16,18H2,1-2H3,(H,30,33)/t26-/m0/s1. The van der Waals surface area contributed by atoms with Gasteiger partial charge in [0, 0.05) is 17.6 Å². The van der Waals surface area contributed by atoms with Crippen molar-refractivity contribution in [3.8, 4) is 11.5 Å². The summed E-state index contributed by atoms with van der Waals surface area (Å²) in [4.78, 5) is 28.4. The maximum absolute atomic E-state index is 13.8. The summed E-state index contributed by atoms with van der Waals surface area (Å²) >= 11 is 12.0. The second-order valence-corrected chi connectivity index (χ2v) is 9.51. The molecule has 1 fully saturated rings. The molecule has 0 aromatic heterocycles. The molecule has 8 heteroatoms. The molecule has 0 bridgehead atoms. The highest BCUT2D eigenvalue weighted by molar-refractivity contribution is 6.30. The van der Waals surface area contributed by atoms with Crippen LogP contribution in [0.2, 0.25) is 5.02 Å². The topological polar surface area (TPSA) is 67.9 Å². The van der Waals surface area contributed by atoms with Crippen molar-refractivity contribution in [3.05, 3.63) is 58.6 Å². The number of halogens is 2. The first-order valence-electron chi connectivity index (χ1n) is 12.1. The van der Waals surface area contributed by atoms with Gasteiger partial charge in [0.15, 0.2) is 11.5 Å². The van der Waals surface area contributed by atoms with E-state index in [0.717, 1.165) is 31.2 Å². The third kappa shape index (κ3) is 7.52. The number of hydrogen-bond donors (Lipinski definition) is 1. The van der Waals surface area contributed by atoms with E-state index in [0.29, 0.717) is 35.1 Å². The monoisotopic (exact) mass is 520 g/mol. The van der Waals surface area contributed by atoms with Crippen molar-refractivity contribution in [2.45, 2.75) is 57.0 Å². The predicted octanol–water partition coefficient (Wildman–Crippen LogP) is 5.55. The summed E-state index contributed by atoms with van der Waals surface area (Å²) in [5.41, 5.74) is 1.65. The molecule has 6 nitrogen and oxygen atoms in total. The SMILES string of the molecule is COc1ccc([C@@H](C(=O)NC2CCCCCC2)N(CCc2ccc(Cl)cc2)C(=O)CCl)cc1OC. The average Bonchev–Trinajstić information content (AvgIpc) is 3.15. The van der Waals surface area contributed by atoms with Crippen molar-refractivity contribution >= 4 is 35.0 Å². The minimum absolute atomic E-state index is 0.0943. The molecule has 190 valence electrons. The van der Waals surface area contributed by atoms with E-state index in [1.165, 1.54) is 12.8 Å². The summed E-state index contributed by atoms with van der Waals surface area (Å²) in [7, 11) is 3.10. The molecule has 0 unspecified atom stereocenters. The van der Waals surface area contributed by atoms with Crippen LogP contribution in [0.4, 0.5) is 0 Å². The van der Waals surface area contributed by atoms with E-state index in [-0.39, 0.29) is 23.7 Å². The smallest absolute Gasteiger partial charge is 0.247 e. The highest BCUT2D eigenvalue weighted by Crippen LogP contribution is 2.33. The van der Waals surface area contributed by atoms with E-state index < -0.39 is 6.04 Å². The summed E-state index contributed by atoms with van der Waals surface area (Å²) in [5.74, 6) is 0.306. The summed E-state index contributed by atoms with van der Waals surface area (Å²) in [6.07, 6.45) is 6.99. The number of hydrogen-bond acceptors (Lipinski definition) is 4. The van der Waals surface area contributed by atoms with E-state index in [9.17, 15) is 9.59 Å². The molecule has 1 aliphatic rings. The fourth-order valence-electron chi connectivity index (χ4n) is 4.57. The van der Waals surface area contributed by atoms with Crippen molar-refractivity contribution in [2.75, 3.05) is 26.6 Å². The Bertz CT molecular complexity index is 976. The fraction of sp³-hybridized carbons (Fsp3) is 0.481. The molecule has 1 N–H and O–H groups in total. The van der Waals surface area contributed by atoms with Crippen LogP contribution >= 0.6 is 23.2 Å². The van der Waals surface area contributed by atoms with Crippen molar-refractivity contribution < 1.29 is 19.1 Å². The first-order chi connectivity index (χ1) is 17.0. The van der Waals surface area contributed by atoms with E-state index in [1.807, 2.05) is 24.3 Å². The van der Waals surface area contributed by atoms with E-state index in [4.69, 9.17) is 32.7 Å². The molecule has 1 atom stereocenters. The van der Waals surface area contributed by atoms with Crippen LogP contribution in [0.1, 0.15) is 55.7 Å². The Kier molecular flexibility index (Phi) is 10.5. The molecule has 0 heterocycles. The highest BCUT2D eigenvalue weighted by Gasteiger charge is 2.33. The molecule has 2 aromatic carbocycles. The number of ether oxygens (including phenoxy) is 2. The summed E-state index contributed by atoms with van der Waals surface area (Å²) in [6, 6.07) is 12.0.